The number of aromatic hydroxyl groups is 1. The fraction of sp³-hybridized carbons (Fsp3) is 0.547. The third kappa shape index (κ3) is 10.6. The van der Waals surface area contributed by atoms with Gasteiger partial charge in [-0.1, -0.05) is 39.8 Å². The van der Waals surface area contributed by atoms with Crippen LogP contribution in [0.15, 0.2) is 54.7 Å². The van der Waals surface area contributed by atoms with Gasteiger partial charge in [0.2, 0.25) is 23.4 Å². The highest BCUT2D eigenvalue weighted by Crippen LogP contribution is 2.42. The minimum absolute atomic E-state index is 0.0397. The molecule has 2 aromatic heterocycles. The van der Waals surface area contributed by atoms with Gasteiger partial charge in [-0.15, -0.1) is 0 Å². The molecule has 0 unspecified atom stereocenters. The molecule has 3 aliphatic rings. The predicted molar refractivity (Wildman–Crippen MR) is 266 cm³/mol. The molecule has 0 saturated carbocycles. The van der Waals surface area contributed by atoms with E-state index in [1.807, 2.05) is 84.8 Å². The van der Waals surface area contributed by atoms with Gasteiger partial charge in [-0.3, -0.25) is 34.1 Å². The topological polar surface area (TPSA) is 199 Å². The lowest BCUT2D eigenvalue weighted by atomic mass is 9.84. The molecule has 6 atom stereocenters. The number of nitrogens with one attached hydrogen (secondary N) is 2. The average molecular weight is 965 g/mol. The third-order valence-corrected chi connectivity index (χ3v) is 14.4. The van der Waals surface area contributed by atoms with Crippen LogP contribution >= 0.6 is 0 Å². The van der Waals surface area contributed by atoms with Crippen LogP contribution < -0.4 is 10.7 Å². The van der Waals surface area contributed by atoms with E-state index in [9.17, 15) is 34.2 Å². The summed E-state index contributed by atoms with van der Waals surface area (Å²) in [4.78, 5) is 80.5. The van der Waals surface area contributed by atoms with Crippen molar-refractivity contribution in [3.63, 3.8) is 0 Å². The molecule has 17 nitrogen and oxygen atoms in total. The highest BCUT2D eigenvalue weighted by molar-refractivity contribution is 5.96. The number of aromatic nitrogens is 2. The number of hydrogen-bond donors (Lipinski definition) is 4. The van der Waals surface area contributed by atoms with Crippen molar-refractivity contribution in [2.45, 2.75) is 117 Å². The standard InChI is InChI=1S/C53H72N8O9/c1-12-60-43-17-16-35-27-40(43)41(46(60)39-15-13-20-54-44(39)33(5)69-11)28-52(6,7)30-70-51(67)53(68)19-14-21-61(56-53)50(66)42(25-34-23-37(35)26-38(62)24-34)55-47(63)45(31(2)3)58(10)49(65)36-18-22-59(29-36)48(64)32(4)57(8)9/h13,15-17,20,23-24,26-27,31-33,36,42,45,56,62,68H,12,14,18-19,21-22,25,28-30H2,1-11H3,(H,55,63)/t32-,33+,36+,42+,45+,53+/m1/s1. The van der Waals surface area contributed by atoms with Crippen LogP contribution in [0, 0.1) is 17.3 Å². The lowest BCUT2D eigenvalue weighted by Crippen LogP contribution is -2.67. The summed E-state index contributed by atoms with van der Waals surface area (Å²) in [5.41, 5.74) is 6.41. The number of likely N-dealkylation sites (N-methyl/N-ethyl adjacent to an activating group) is 2. The van der Waals surface area contributed by atoms with Gasteiger partial charge < -0.3 is 39.4 Å². The van der Waals surface area contributed by atoms with Crippen molar-refractivity contribution in [2.75, 3.05) is 54.5 Å². The molecular weight excluding hydrogens is 893 g/mol. The number of likely N-dealkylation sites (tertiary alicyclic amines) is 1. The molecule has 3 aliphatic heterocycles. The number of esters is 1. The van der Waals surface area contributed by atoms with Crippen LogP contribution in [0.3, 0.4) is 0 Å². The number of methoxy groups -OCH3 is 1. The molecule has 378 valence electrons. The number of fused-ring (bicyclic) bond motifs is 6. The summed E-state index contributed by atoms with van der Waals surface area (Å²) in [5.74, 6) is -3.48. The molecule has 4 aromatic rings. The Morgan fingerprint density at radius 1 is 1.03 bits per heavy atom. The number of hydrogen-bond acceptors (Lipinski definition) is 12. The smallest absolute Gasteiger partial charge is 0.355 e. The van der Waals surface area contributed by atoms with Gasteiger partial charge in [0.1, 0.15) is 17.8 Å². The second-order valence-corrected chi connectivity index (χ2v) is 20.8. The zero-order valence-corrected chi connectivity index (χ0v) is 42.7. The maximum absolute atomic E-state index is 14.8. The molecule has 4 amide bonds. The highest BCUT2D eigenvalue weighted by Gasteiger charge is 2.46. The number of pyridine rings is 1. The largest absolute Gasteiger partial charge is 0.508 e. The van der Waals surface area contributed by atoms with Crippen LogP contribution in [0.1, 0.15) is 90.7 Å². The van der Waals surface area contributed by atoms with E-state index in [0.717, 1.165) is 44.0 Å². The molecule has 2 aromatic carbocycles. The van der Waals surface area contributed by atoms with Crippen LogP contribution in [0.5, 0.6) is 5.75 Å². The lowest BCUT2D eigenvalue weighted by Gasteiger charge is -2.40. The Morgan fingerprint density at radius 2 is 1.77 bits per heavy atom. The number of phenolic OH excluding ortho intramolecular Hbond substituents is 1. The number of carbonyl (C=O) groups excluding carboxylic acids is 5. The molecule has 0 radical (unpaired) electrons. The number of phenols is 1. The Balaban J connectivity index is 1.30. The number of cyclic esters (lactones) is 1. The number of aryl methyl sites for hydroxylation is 1. The first-order valence-corrected chi connectivity index (χ1v) is 24.6. The monoisotopic (exact) mass is 965 g/mol. The van der Waals surface area contributed by atoms with Crippen molar-refractivity contribution in [3.05, 3.63) is 71.5 Å². The summed E-state index contributed by atoms with van der Waals surface area (Å²) in [5, 5.41) is 28.4. The summed E-state index contributed by atoms with van der Waals surface area (Å²) in [7, 11) is 6.88. The van der Waals surface area contributed by atoms with E-state index in [0.29, 0.717) is 37.1 Å². The van der Waals surface area contributed by atoms with Crippen LogP contribution in [0.4, 0.5) is 0 Å². The fourth-order valence-corrected chi connectivity index (χ4v) is 10.4. The SMILES string of the molecule is CCn1c(-c2cccnc2[C@H](C)OC)c2c3cc(ccc31)-c1cc(O)cc(c1)C[C@H](NC(=O)[C@H](C(C)C)N(C)C(=O)[C@H]1CCN(C(=O)[C@@H](C)N(C)C)C1)C(=O)N1CCC[C@@](O)(N1)C(=O)OCC(C)(C)C2. The molecule has 6 bridgehead atoms. The lowest BCUT2D eigenvalue weighted by molar-refractivity contribution is -0.189. The van der Waals surface area contributed by atoms with Gasteiger partial charge in [-0.05, 0) is 119 Å². The molecule has 0 spiro atoms. The quantitative estimate of drug-likeness (QED) is 0.146. The molecular formula is C53H72N8O9. The zero-order valence-electron chi connectivity index (χ0n) is 42.7. The van der Waals surface area contributed by atoms with E-state index >= 15 is 0 Å². The van der Waals surface area contributed by atoms with Crippen LogP contribution in [-0.2, 0) is 52.8 Å². The average Bonchev–Trinajstić information content (AvgIpc) is 3.94. The number of amides is 4. The van der Waals surface area contributed by atoms with Gasteiger partial charge in [0.05, 0.1) is 36.1 Å². The van der Waals surface area contributed by atoms with Crippen LogP contribution in [0.25, 0.3) is 33.3 Å². The second-order valence-electron chi connectivity index (χ2n) is 20.8. The van der Waals surface area contributed by atoms with Gasteiger partial charge in [0.15, 0.2) is 0 Å². The summed E-state index contributed by atoms with van der Waals surface area (Å²) in [6.07, 6.45) is 2.43. The number of ether oxygens (including phenoxy) is 2. The van der Waals surface area contributed by atoms with Crippen molar-refractivity contribution in [1.82, 2.24) is 40.0 Å². The minimum atomic E-state index is -2.27. The van der Waals surface area contributed by atoms with E-state index in [4.69, 9.17) is 14.5 Å². The Labute approximate surface area is 411 Å². The van der Waals surface area contributed by atoms with E-state index in [2.05, 4.69) is 34.4 Å². The van der Waals surface area contributed by atoms with Crippen LogP contribution in [-0.4, -0.2) is 147 Å². The number of hydrazine groups is 1. The molecule has 4 N–H and O–H groups in total. The van der Waals surface area contributed by atoms with Crippen molar-refractivity contribution in [1.29, 1.82) is 0 Å². The number of carbonyl (C=O) groups is 5. The molecule has 2 fully saturated rings. The fourth-order valence-electron chi connectivity index (χ4n) is 10.4. The van der Waals surface area contributed by atoms with E-state index in [-0.39, 0.29) is 68.7 Å². The molecule has 2 saturated heterocycles. The van der Waals surface area contributed by atoms with E-state index in [1.54, 1.807) is 37.4 Å². The first-order chi connectivity index (χ1) is 33.1. The first-order valence-electron chi connectivity index (χ1n) is 24.6. The normalized spacial score (nSPS) is 22.1. The zero-order chi connectivity index (χ0) is 51.0. The van der Waals surface area contributed by atoms with Crippen molar-refractivity contribution in [2.24, 2.45) is 17.3 Å². The Kier molecular flexibility index (Phi) is 15.5. The summed E-state index contributed by atoms with van der Waals surface area (Å²) < 4.78 is 14.0. The van der Waals surface area contributed by atoms with Crippen molar-refractivity contribution >= 4 is 40.5 Å². The Hall–Kier alpha value is -5.88. The van der Waals surface area contributed by atoms with Crippen molar-refractivity contribution < 1.29 is 43.7 Å². The predicted octanol–water partition coefficient (Wildman–Crippen LogP) is 5.05. The van der Waals surface area contributed by atoms with Gasteiger partial charge in [-0.2, -0.15) is 5.43 Å². The third-order valence-electron chi connectivity index (χ3n) is 14.4. The molecule has 0 aliphatic carbocycles. The summed E-state index contributed by atoms with van der Waals surface area (Å²) >= 11 is 0. The number of aliphatic hydroxyl groups is 1. The Morgan fingerprint density at radius 3 is 2.46 bits per heavy atom. The molecule has 5 heterocycles. The van der Waals surface area contributed by atoms with E-state index < -0.39 is 52.8 Å². The van der Waals surface area contributed by atoms with Gasteiger partial charge >= 0.3 is 5.97 Å². The van der Waals surface area contributed by atoms with Crippen molar-refractivity contribution in [3.8, 4) is 28.1 Å². The minimum Gasteiger partial charge on any atom is -0.508 e. The number of benzene rings is 2. The van der Waals surface area contributed by atoms with E-state index in [1.165, 1.54) is 4.90 Å². The Bertz CT molecular complexity index is 2630. The van der Waals surface area contributed by atoms with Gasteiger partial charge in [0.25, 0.3) is 5.91 Å². The van der Waals surface area contributed by atoms with Gasteiger partial charge in [0, 0.05) is 81.3 Å². The maximum Gasteiger partial charge on any atom is 0.355 e. The summed E-state index contributed by atoms with van der Waals surface area (Å²) in [6, 6.07) is 12.5. The van der Waals surface area contributed by atoms with Crippen LogP contribution in [0.2, 0.25) is 0 Å². The molecule has 70 heavy (non-hydrogen) atoms. The first kappa shape index (κ1) is 52.0. The van der Waals surface area contributed by atoms with Gasteiger partial charge in [-0.25, -0.2) is 4.79 Å². The summed E-state index contributed by atoms with van der Waals surface area (Å²) in [6.45, 7) is 14.8. The molecule has 7 rings (SSSR count). The second kappa shape index (κ2) is 20.8. The number of rotatable bonds is 11. The maximum atomic E-state index is 14.8. The number of nitrogens with zero attached hydrogens (tertiary/aromatic N) is 6. The highest BCUT2D eigenvalue weighted by atomic mass is 16.6. The molecule has 17 heteroatoms.